The lowest BCUT2D eigenvalue weighted by atomic mass is 9.98. The van der Waals surface area contributed by atoms with Crippen molar-refractivity contribution in [3.05, 3.63) is 74.8 Å². The van der Waals surface area contributed by atoms with Crippen LogP contribution >= 0.6 is 0 Å². The van der Waals surface area contributed by atoms with Crippen LogP contribution in [0.2, 0.25) is 0 Å². The van der Waals surface area contributed by atoms with Crippen molar-refractivity contribution in [3.63, 3.8) is 0 Å². The Morgan fingerprint density at radius 3 is 2.52 bits per heavy atom. The van der Waals surface area contributed by atoms with Crippen LogP contribution in [0.15, 0.2) is 41.2 Å². The third-order valence-corrected chi connectivity index (χ3v) is 5.85. The Kier molecular flexibility index (Phi) is 5.72. The maximum atomic E-state index is 12.9. The molecular weight excluding hydrogens is 392 g/mol. The zero-order valence-electron chi connectivity index (χ0n) is 18.1. The fraction of sp³-hybridized carbons (Fsp3) is 0.360. The van der Waals surface area contributed by atoms with E-state index in [1.165, 1.54) is 0 Å². The highest BCUT2D eigenvalue weighted by atomic mass is 16.5. The monoisotopic (exact) mass is 418 g/mol. The molecule has 0 atom stereocenters. The number of hydrogen-bond acceptors (Lipinski definition) is 5. The number of nitrogens with zero attached hydrogens (tertiary/aromatic N) is 2. The quantitative estimate of drug-likeness (QED) is 0.428. The van der Waals surface area contributed by atoms with E-state index in [-0.39, 0.29) is 30.4 Å². The normalized spacial score (nSPS) is 13.4. The van der Waals surface area contributed by atoms with Gasteiger partial charge in [-0.3, -0.25) is 19.0 Å². The number of aryl methyl sites for hydroxylation is 4. The Labute approximate surface area is 180 Å². The van der Waals surface area contributed by atoms with Gasteiger partial charge < -0.3 is 4.74 Å². The van der Waals surface area contributed by atoms with E-state index in [0.717, 1.165) is 29.5 Å². The zero-order chi connectivity index (χ0) is 22.1. The first-order chi connectivity index (χ1) is 14.8. The molecule has 0 spiro atoms. The van der Waals surface area contributed by atoms with Crippen LogP contribution in [0.5, 0.6) is 0 Å². The second-order valence-electron chi connectivity index (χ2n) is 8.29. The van der Waals surface area contributed by atoms with Crippen LogP contribution in [0.1, 0.15) is 58.2 Å². The van der Waals surface area contributed by atoms with Gasteiger partial charge >= 0.3 is 5.97 Å². The van der Waals surface area contributed by atoms with Crippen molar-refractivity contribution >= 4 is 22.7 Å². The number of rotatable bonds is 7. The molecule has 0 saturated heterocycles. The topological polar surface area (TPSA) is 78.3 Å². The average molecular weight is 418 g/mol. The van der Waals surface area contributed by atoms with E-state index in [1.807, 2.05) is 45.0 Å². The molecule has 6 heteroatoms. The number of Topliss-reactive ketones (excluding diaryl/α,β-unsaturated/α-hetero) is 1. The third-order valence-electron chi connectivity index (χ3n) is 5.85. The predicted molar refractivity (Wildman–Crippen MR) is 119 cm³/mol. The minimum Gasteiger partial charge on any atom is -0.457 e. The molecule has 160 valence electrons. The Hall–Kier alpha value is -3.28. The summed E-state index contributed by atoms with van der Waals surface area (Å²) < 4.78 is 6.96. The molecule has 0 unspecified atom stereocenters. The zero-order valence-corrected chi connectivity index (χ0v) is 18.1. The second kappa shape index (κ2) is 8.46. The third kappa shape index (κ3) is 4.43. The average Bonchev–Trinajstić information content (AvgIpc) is 3.58. The van der Waals surface area contributed by atoms with Gasteiger partial charge in [-0.1, -0.05) is 18.2 Å². The molecule has 0 radical (unpaired) electrons. The summed E-state index contributed by atoms with van der Waals surface area (Å²) >= 11 is 0. The molecule has 0 bridgehead atoms. The summed E-state index contributed by atoms with van der Waals surface area (Å²) in [6.07, 6.45) is 2.26. The number of hydrogen-bond donors (Lipinski definition) is 0. The molecule has 1 aromatic heterocycles. The highest BCUT2D eigenvalue weighted by Gasteiger charge is 2.28. The van der Waals surface area contributed by atoms with Crippen molar-refractivity contribution in [1.82, 2.24) is 9.55 Å². The smallest absolute Gasteiger partial charge is 0.306 e. The summed E-state index contributed by atoms with van der Waals surface area (Å²) in [5, 5.41) is 0.593. The Balaban J connectivity index is 1.43. The Morgan fingerprint density at radius 1 is 1.06 bits per heavy atom. The lowest BCUT2D eigenvalue weighted by molar-refractivity contribution is -0.142. The number of esters is 1. The highest BCUT2D eigenvalue weighted by molar-refractivity contribution is 5.99. The highest BCUT2D eigenvalue weighted by Crippen LogP contribution is 2.34. The molecule has 1 heterocycles. The van der Waals surface area contributed by atoms with Crippen LogP contribution in [-0.2, 0) is 16.0 Å². The molecule has 6 nitrogen and oxygen atoms in total. The van der Waals surface area contributed by atoms with Crippen molar-refractivity contribution < 1.29 is 14.3 Å². The van der Waals surface area contributed by atoms with Crippen molar-refractivity contribution in [1.29, 1.82) is 0 Å². The van der Waals surface area contributed by atoms with Gasteiger partial charge in [0.15, 0.2) is 6.61 Å². The summed E-state index contributed by atoms with van der Waals surface area (Å²) in [7, 11) is 0. The molecular formula is C25H26N2O4. The van der Waals surface area contributed by atoms with Crippen molar-refractivity contribution in [3.8, 4) is 0 Å². The number of carbonyl (C=O) groups excluding carboxylic acids is 2. The maximum Gasteiger partial charge on any atom is 0.306 e. The lowest BCUT2D eigenvalue weighted by Crippen LogP contribution is -2.25. The van der Waals surface area contributed by atoms with Crippen LogP contribution < -0.4 is 5.56 Å². The van der Waals surface area contributed by atoms with E-state index in [9.17, 15) is 14.4 Å². The largest absolute Gasteiger partial charge is 0.457 e. The van der Waals surface area contributed by atoms with Crippen LogP contribution in [-0.4, -0.2) is 27.9 Å². The second-order valence-corrected chi connectivity index (χ2v) is 8.29. The van der Waals surface area contributed by atoms with Crippen LogP contribution in [0.4, 0.5) is 0 Å². The van der Waals surface area contributed by atoms with E-state index in [0.29, 0.717) is 28.7 Å². The van der Waals surface area contributed by atoms with Gasteiger partial charge in [0.1, 0.15) is 5.82 Å². The first kappa shape index (κ1) is 21.0. The standard InChI is InChI=1S/C25H26N2O4/c1-15-12-17(3)20(13-16(15)2)22(28)14-31-24(29)11-10-23-26-21-7-5-4-6-19(21)25(30)27(23)18-8-9-18/h4-7,12-13,18H,8-11,14H2,1-3H3. The number of aromatic nitrogens is 2. The first-order valence-electron chi connectivity index (χ1n) is 10.6. The molecule has 4 rings (SSSR count). The van der Waals surface area contributed by atoms with Gasteiger partial charge in [-0.15, -0.1) is 0 Å². The number of carbonyl (C=O) groups is 2. The molecule has 31 heavy (non-hydrogen) atoms. The molecule has 3 aromatic rings. The van der Waals surface area contributed by atoms with Gasteiger partial charge in [0, 0.05) is 18.0 Å². The fourth-order valence-electron chi connectivity index (χ4n) is 3.85. The van der Waals surface area contributed by atoms with Crippen LogP contribution in [0, 0.1) is 20.8 Å². The first-order valence-corrected chi connectivity index (χ1v) is 10.6. The molecule has 1 saturated carbocycles. The minimum absolute atomic E-state index is 0.0585. The van der Waals surface area contributed by atoms with Gasteiger partial charge in [0.05, 0.1) is 17.3 Å². The number of ether oxygens (including phenoxy) is 1. The SMILES string of the molecule is Cc1cc(C)c(C(=O)COC(=O)CCc2nc3ccccc3c(=O)n2C2CC2)cc1C. The van der Waals surface area contributed by atoms with E-state index >= 15 is 0 Å². The summed E-state index contributed by atoms with van der Waals surface area (Å²) in [5.41, 5.74) is 4.17. The van der Waals surface area contributed by atoms with E-state index in [4.69, 9.17) is 4.74 Å². The molecule has 0 aliphatic heterocycles. The number of fused-ring (bicyclic) bond motifs is 1. The van der Waals surface area contributed by atoms with Gasteiger partial charge in [-0.05, 0) is 68.5 Å². The molecule has 1 aliphatic carbocycles. The maximum absolute atomic E-state index is 12.9. The Bertz CT molecular complexity index is 1240. The van der Waals surface area contributed by atoms with Crippen molar-refractivity contribution in [2.75, 3.05) is 6.61 Å². The summed E-state index contributed by atoms with van der Waals surface area (Å²) in [6, 6.07) is 11.2. The van der Waals surface area contributed by atoms with Gasteiger partial charge in [0.25, 0.3) is 5.56 Å². The predicted octanol–water partition coefficient (Wildman–Crippen LogP) is 4.02. The van der Waals surface area contributed by atoms with Gasteiger partial charge in [-0.25, -0.2) is 4.98 Å². The molecule has 1 fully saturated rings. The van der Waals surface area contributed by atoms with Crippen LogP contribution in [0.3, 0.4) is 0 Å². The molecule has 0 N–H and O–H groups in total. The lowest BCUT2D eigenvalue weighted by Gasteiger charge is -2.13. The minimum atomic E-state index is -0.473. The molecule has 0 amide bonds. The van der Waals surface area contributed by atoms with Crippen molar-refractivity contribution in [2.24, 2.45) is 0 Å². The van der Waals surface area contributed by atoms with E-state index < -0.39 is 5.97 Å². The number of para-hydroxylation sites is 1. The van der Waals surface area contributed by atoms with Crippen molar-refractivity contribution in [2.45, 2.75) is 52.5 Å². The summed E-state index contributed by atoms with van der Waals surface area (Å²) in [5.74, 6) is -0.0910. The van der Waals surface area contributed by atoms with Gasteiger partial charge in [0.2, 0.25) is 5.78 Å². The summed E-state index contributed by atoms with van der Waals surface area (Å²) in [6.45, 7) is 5.54. The number of benzene rings is 2. The van der Waals surface area contributed by atoms with E-state index in [1.54, 1.807) is 16.7 Å². The molecule has 1 aliphatic rings. The Morgan fingerprint density at radius 2 is 1.77 bits per heavy atom. The number of ketones is 1. The fourth-order valence-corrected chi connectivity index (χ4v) is 3.85. The van der Waals surface area contributed by atoms with Crippen LogP contribution in [0.25, 0.3) is 10.9 Å². The van der Waals surface area contributed by atoms with E-state index in [2.05, 4.69) is 4.98 Å². The summed E-state index contributed by atoms with van der Waals surface area (Å²) in [4.78, 5) is 42.4. The van der Waals surface area contributed by atoms with Gasteiger partial charge in [-0.2, -0.15) is 0 Å². The molecule has 2 aromatic carbocycles.